The van der Waals surface area contributed by atoms with E-state index in [0.717, 1.165) is 6.54 Å². The van der Waals surface area contributed by atoms with Gasteiger partial charge < -0.3 is 10.2 Å². The van der Waals surface area contributed by atoms with Gasteiger partial charge in [-0.05, 0) is 93.5 Å². The van der Waals surface area contributed by atoms with Crippen LogP contribution in [0.5, 0.6) is 0 Å². The molecular formula is C26H54N6. The number of nitrogens with zero attached hydrogens (tertiary/aromatic N) is 5. The Hall–Kier alpha value is -0.240. The third-order valence-corrected chi connectivity index (χ3v) is 8.35. The summed E-state index contributed by atoms with van der Waals surface area (Å²) < 4.78 is 0. The van der Waals surface area contributed by atoms with Gasteiger partial charge in [0.15, 0.2) is 0 Å². The summed E-state index contributed by atoms with van der Waals surface area (Å²) in [7, 11) is 0. The Morgan fingerprint density at radius 1 is 0.719 bits per heavy atom. The summed E-state index contributed by atoms with van der Waals surface area (Å²) in [6, 6.07) is 3.25. The van der Waals surface area contributed by atoms with E-state index in [1.165, 1.54) is 91.3 Å². The summed E-state index contributed by atoms with van der Waals surface area (Å²) in [5.74, 6) is 0. The maximum atomic E-state index is 3.60. The molecule has 3 heterocycles. The molecule has 3 rings (SSSR count). The van der Waals surface area contributed by atoms with Crippen LogP contribution in [0.4, 0.5) is 0 Å². The molecule has 2 unspecified atom stereocenters. The molecule has 3 saturated heterocycles. The lowest BCUT2D eigenvalue weighted by Gasteiger charge is -2.38. The lowest BCUT2D eigenvalue weighted by Crippen LogP contribution is -2.51. The van der Waals surface area contributed by atoms with Gasteiger partial charge in [0.05, 0.1) is 0 Å². The van der Waals surface area contributed by atoms with Gasteiger partial charge in [0.1, 0.15) is 0 Å². The van der Waals surface area contributed by atoms with Crippen LogP contribution in [-0.2, 0) is 0 Å². The molecule has 188 valence electrons. The van der Waals surface area contributed by atoms with Crippen molar-refractivity contribution in [2.75, 3.05) is 78.5 Å². The van der Waals surface area contributed by atoms with Crippen molar-refractivity contribution in [1.82, 2.24) is 29.8 Å². The second-order valence-corrected chi connectivity index (χ2v) is 11.3. The fraction of sp³-hybridized carbons (Fsp3) is 1.00. The molecule has 0 aromatic heterocycles. The molecule has 0 aromatic rings. The minimum atomic E-state index is 0.636. The molecule has 0 aromatic carbocycles. The van der Waals surface area contributed by atoms with Crippen LogP contribution in [0, 0.1) is 0 Å². The van der Waals surface area contributed by atoms with Gasteiger partial charge >= 0.3 is 0 Å². The lowest BCUT2D eigenvalue weighted by atomic mass is 10.1. The van der Waals surface area contributed by atoms with Crippen LogP contribution < -0.4 is 5.32 Å². The van der Waals surface area contributed by atoms with Crippen LogP contribution in [0.15, 0.2) is 0 Å². The van der Waals surface area contributed by atoms with Crippen molar-refractivity contribution < 1.29 is 0 Å². The van der Waals surface area contributed by atoms with Gasteiger partial charge in [-0.2, -0.15) is 0 Å². The molecule has 0 bridgehead atoms. The van der Waals surface area contributed by atoms with Crippen LogP contribution in [0.1, 0.15) is 60.8 Å². The van der Waals surface area contributed by atoms with E-state index in [9.17, 15) is 0 Å². The highest BCUT2D eigenvalue weighted by Gasteiger charge is 2.29. The zero-order valence-corrected chi connectivity index (χ0v) is 22.2. The quantitative estimate of drug-likeness (QED) is 0.640. The molecule has 0 saturated carbocycles. The highest BCUT2D eigenvalue weighted by Crippen LogP contribution is 2.17. The fourth-order valence-electron chi connectivity index (χ4n) is 6.23. The average Bonchev–Trinajstić information content (AvgIpc) is 3.19. The second-order valence-electron chi connectivity index (χ2n) is 11.3. The average molecular weight is 451 g/mol. The van der Waals surface area contributed by atoms with Gasteiger partial charge in [0.25, 0.3) is 0 Å². The van der Waals surface area contributed by atoms with Crippen LogP contribution in [0.3, 0.4) is 0 Å². The molecule has 3 fully saturated rings. The minimum Gasteiger partial charge on any atom is -0.315 e. The molecule has 3 aliphatic rings. The van der Waals surface area contributed by atoms with Gasteiger partial charge in [0.2, 0.25) is 0 Å². The third-order valence-electron chi connectivity index (χ3n) is 8.35. The Morgan fingerprint density at radius 2 is 1.47 bits per heavy atom. The first kappa shape index (κ1) is 26.4. The highest BCUT2D eigenvalue weighted by molar-refractivity contribution is 4.86. The van der Waals surface area contributed by atoms with Crippen LogP contribution in [0.25, 0.3) is 0 Å². The first-order chi connectivity index (χ1) is 15.3. The van der Waals surface area contributed by atoms with E-state index in [0.29, 0.717) is 30.2 Å². The third kappa shape index (κ3) is 7.64. The maximum Gasteiger partial charge on any atom is 0.0198 e. The van der Waals surface area contributed by atoms with E-state index in [1.54, 1.807) is 0 Å². The fourth-order valence-corrected chi connectivity index (χ4v) is 6.23. The van der Waals surface area contributed by atoms with E-state index in [4.69, 9.17) is 0 Å². The van der Waals surface area contributed by atoms with Gasteiger partial charge in [-0.3, -0.25) is 19.6 Å². The van der Waals surface area contributed by atoms with E-state index in [-0.39, 0.29) is 0 Å². The van der Waals surface area contributed by atoms with Crippen LogP contribution >= 0.6 is 0 Å². The maximum absolute atomic E-state index is 3.60. The monoisotopic (exact) mass is 450 g/mol. The number of nitrogens with one attached hydrogen (secondary N) is 1. The largest absolute Gasteiger partial charge is 0.315 e. The second kappa shape index (κ2) is 13.0. The SMILES string of the molecule is CC(C)N1CCCN(CC(C)N2CCCN(CC(C)N3CCCNC[C@@H]3C)[C@@H](C)C2)CC1. The Kier molecular flexibility index (Phi) is 10.7. The van der Waals surface area contributed by atoms with Crippen molar-refractivity contribution in [3.05, 3.63) is 0 Å². The van der Waals surface area contributed by atoms with E-state index in [1.807, 2.05) is 0 Å². The van der Waals surface area contributed by atoms with Crippen molar-refractivity contribution in [3.63, 3.8) is 0 Å². The molecule has 0 aliphatic carbocycles. The first-order valence-corrected chi connectivity index (χ1v) is 13.8. The Balaban J connectivity index is 1.48. The predicted molar refractivity (Wildman–Crippen MR) is 138 cm³/mol. The number of hydrogen-bond donors (Lipinski definition) is 1. The number of hydrogen-bond acceptors (Lipinski definition) is 6. The summed E-state index contributed by atoms with van der Waals surface area (Å²) in [5.41, 5.74) is 0. The van der Waals surface area contributed by atoms with E-state index in [2.05, 4.69) is 71.4 Å². The smallest absolute Gasteiger partial charge is 0.0198 e. The van der Waals surface area contributed by atoms with Crippen LogP contribution in [-0.4, -0.2) is 133 Å². The molecule has 6 nitrogen and oxygen atoms in total. The normalized spacial score (nSPS) is 31.2. The van der Waals surface area contributed by atoms with Crippen molar-refractivity contribution in [2.45, 2.75) is 91.0 Å². The Labute approximate surface area is 199 Å². The minimum absolute atomic E-state index is 0.636. The molecule has 32 heavy (non-hydrogen) atoms. The summed E-state index contributed by atoms with van der Waals surface area (Å²) >= 11 is 0. The van der Waals surface area contributed by atoms with E-state index < -0.39 is 0 Å². The molecule has 3 aliphatic heterocycles. The summed E-state index contributed by atoms with van der Waals surface area (Å²) in [5, 5.41) is 3.60. The predicted octanol–water partition coefficient (Wildman–Crippen LogP) is 2.26. The molecule has 0 radical (unpaired) electrons. The summed E-state index contributed by atoms with van der Waals surface area (Å²) in [4.78, 5) is 13.7. The van der Waals surface area contributed by atoms with Gasteiger partial charge in [-0.1, -0.05) is 0 Å². The van der Waals surface area contributed by atoms with Crippen molar-refractivity contribution in [3.8, 4) is 0 Å². The van der Waals surface area contributed by atoms with Crippen LogP contribution in [0.2, 0.25) is 0 Å². The van der Waals surface area contributed by atoms with E-state index >= 15 is 0 Å². The summed E-state index contributed by atoms with van der Waals surface area (Å²) in [6.07, 6.45) is 3.90. The Bertz CT molecular complexity index is 528. The highest BCUT2D eigenvalue weighted by atomic mass is 15.3. The molecular weight excluding hydrogens is 396 g/mol. The Morgan fingerprint density at radius 3 is 2.25 bits per heavy atom. The molecule has 0 spiro atoms. The zero-order chi connectivity index (χ0) is 23.1. The molecule has 1 N–H and O–H groups in total. The lowest BCUT2D eigenvalue weighted by molar-refractivity contribution is 0.0935. The summed E-state index contributed by atoms with van der Waals surface area (Å²) in [6.45, 7) is 29.2. The van der Waals surface area contributed by atoms with Gasteiger partial charge in [0, 0.05) is 76.0 Å². The molecule has 4 atom stereocenters. The number of rotatable bonds is 7. The van der Waals surface area contributed by atoms with Gasteiger partial charge in [-0.15, -0.1) is 0 Å². The molecule has 0 amide bonds. The zero-order valence-electron chi connectivity index (χ0n) is 22.2. The van der Waals surface area contributed by atoms with Crippen molar-refractivity contribution in [2.24, 2.45) is 0 Å². The first-order valence-electron chi connectivity index (χ1n) is 13.8. The topological polar surface area (TPSA) is 28.2 Å². The molecule has 6 heteroatoms. The van der Waals surface area contributed by atoms with Crippen molar-refractivity contribution >= 4 is 0 Å². The van der Waals surface area contributed by atoms with Gasteiger partial charge in [-0.25, -0.2) is 0 Å². The van der Waals surface area contributed by atoms with Crippen molar-refractivity contribution in [1.29, 1.82) is 0 Å². The standard InChI is InChI=1S/C26H54N6/c1-22(2)29-12-8-11-28(16-17-29)19-24(4)30-13-9-14-31(25(5)20-30)21-26(6)32-15-7-10-27-18-23(32)3/h22-27H,7-21H2,1-6H3/t23-,24?,25-,26?/m0/s1.